The van der Waals surface area contributed by atoms with E-state index in [-0.39, 0.29) is 21.1 Å². The fourth-order valence-electron chi connectivity index (χ4n) is 0.572. The van der Waals surface area contributed by atoms with Gasteiger partial charge in [-0.1, -0.05) is 18.2 Å². The Hall–Kier alpha value is -0.232. The second kappa shape index (κ2) is 5.42. The molecule has 0 spiro atoms. The fraction of sp³-hybridized carbons (Fsp3) is 0. The van der Waals surface area contributed by atoms with Crippen LogP contribution < -0.4 is 4.52 Å². The smallest absolute Gasteiger partial charge is 0.229 e. The predicted octanol–water partition coefficient (Wildman–Crippen LogP) is 1.71. The van der Waals surface area contributed by atoms with Crippen LogP contribution in [0.3, 0.4) is 0 Å². The molecule has 0 aliphatic heterocycles. The van der Waals surface area contributed by atoms with Crippen molar-refractivity contribution in [3.8, 4) is 5.75 Å². The second-order valence-corrected chi connectivity index (χ2v) is 2.30. The van der Waals surface area contributed by atoms with Crippen molar-refractivity contribution >= 4 is 8.25 Å². The van der Waals surface area contributed by atoms with Crippen LogP contribution in [0.5, 0.6) is 5.75 Å². The minimum Gasteiger partial charge on any atom is -0.229 e. The zero-order valence-electron chi connectivity index (χ0n) is 5.51. The van der Waals surface area contributed by atoms with Gasteiger partial charge in [-0.15, -0.1) is 4.89 Å². The van der Waals surface area contributed by atoms with Gasteiger partial charge in [-0.3, -0.25) is 0 Å². The topological polar surface area (TPSA) is 46.5 Å². The molecule has 1 aromatic rings. The van der Waals surface area contributed by atoms with Gasteiger partial charge in [0.25, 0.3) is 0 Å². The van der Waals surface area contributed by atoms with E-state index in [2.05, 4.69) is 4.52 Å². The van der Waals surface area contributed by atoms with E-state index >= 15 is 0 Å². The Labute approximate surface area is 79.6 Å². The Morgan fingerprint density at radius 3 is 2.27 bits per heavy atom. The summed E-state index contributed by atoms with van der Waals surface area (Å²) in [4.78, 5) is 8.29. The van der Waals surface area contributed by atoms with Gasteiger partial charge in [-0.25, -0.2) is 4.52 Å². The van der Waals surface area contributed by atoms with Crippen LogP contribution in [0.25, 0.3) is 0 Å². The Balaban J connectivity index is 0.000001000. The van der Waals surface area contributed by atoms with Crippen LogP contribution in [0.15, 0.2) is 30.3 Å². The van der Waals surface area contributed by atoms with E-state index in [0.29, 0.717) is 5.75 Å². The summed E-state index contributed by atoms with van der Waals surface area (Å²) in [6.45, 7) is 0. The van der Waals surface area contributed by atoms with Crippen LogP contribution >= 0.6 is 8.25 Å². The average Bonchev–Trinajstić information content (AvgIpc) is 1.88. The van der Waals surface area contributed by atoms with E-state index < -0.39 is 8.25 Å². The molecule has 1 N–H and O–H groups in total. The Bertz CT molecular complexity index is 227. The van der Waals surface area contributed by atoms with Gasteiger partial charge in [0, 0.05) is 25.6 Å². The van der Waals surface area contributed by atoms with Crippen LogP contribution in [0, 0.1) is 0 Å². The number of hydrogen-bond acceptors (Lipinski definition) is 2. The van der Waals surface area contributed by atoms with Crippen molar-refractivity contribution in [2.24, 2.45) is 0 Å². The monoisotopic (exact) mass is 255 g/mol. The van der Waals surface area contributed by atoms with E-state index in [9.17, 15) is 4.57 Å². The standard InChI is InChI=1S/C6H5O3P.Mo/c7-10(8)9-6-4-2-1-3-5-6;/h1-5H;/p+1. The molecule has 1 unspecified atom stereocenters. The molecule has 0 saturated heterocycles. The van der Waals surface area contributed by atoms with E-state index in [1.165, 1.54) is 0 Å². The van der Waals surface area contributed by atoms with Gasteiger partial charge in [-0.2, -0.15) is 0 Å². The molecule has 5 heteroatoms. The first-order valence-corrected chi connectivity index (χ1v) is 3.81. The van der Waals surface area contributed by atoms with Crippen molar-refractivity contribution in [1.82, 2.24) is 0 Å². The minimum atomic E-state index is -2.53. The van der Waals surface area contributed by atoms with Crippen molar-refractivity contribution < 1.29 is 35.0 Å². The maximum absolute atomic E-state index is 10.1. The summed E-state index contributed by atoms with van der Waals surface area (Å²) >= 11 is 0. The third-order valence-corrected chi connectivity index (χ3v) is 1.29. The van der Waals surface area contributed by atoms with Gasteiger partial charge in [0.15, 0.2) is 5.75 Å². The second-order valence-electron chi connectivity index (χ2n) is 1.64. The molecule has 0 saturated carbocycles. The number of hydrogen-bond donors (Lipinski definition) is 1. The Morgan fingerprint density at radius 1 is 1.27 bits per heavy atom. The molecule has 1 rings (SSSR count). The van der Waals surface area contributed by atoms with Crippen LogP contribution in [0.1, 0.15) is 0 Å². The molecule has 0 amide bonds. The van der Waals surface area contributed by atoms with Crippen molar-refractivity contribution in [1.29, 1.82) is 0 Å². The SMILES string of the molecule is O=[P+](O)Oc1ccccc1.[Mo]. The summed E-state index contributed by atoms with van der Waals surface area (Å²) in [6, 6.07) is 8.49. The van der Waals surface area contributed by atoms with Crippen molar-refractivity contribution in [3.05, 3.63) is 30.3 Å². The van der Waals surface area contributed by atoms with Gasteiger partial charge in [0.2, 0.25) is 0 Å². The molecule has 11 heavy (non-hydrogen) atoms. The molecule has 1 atom stereocenters. The van der Waals surface area contributed by atoms with Gasteiger partial charge in [0.1, 0.15) is 0 Å². The molecule has 0 aliphatic rings. The third-order valence-electron chi connectivity index (χ3n) is 0.927. The zero-order valence-corrected chi connectivity index (χ0v) is 8.41. The molecule has 0 aromatic heterocycles. The van der Waals surface area contributed by atoms with E-state index in [1.54, 1.807) is 30.3 Å². The molecule has 1 aromatic carbocycles. The summed E-state index contributed by atoms with van der Waals surface area (Å²) < 4.78 is 14.6. The van der Waals surface area contributed by atoms with Crippen LogP contribution in [0.2, 0.25) is 0 Å². The number of rotatable bonds is 2. The number of benzene rings is 1. The first-order chi connectivity index (χ1) is 4.79. The molecular formula is C6H6MoO3P+. The van der Waals surface area contributed by atoms with Gasteiger partial charge in [0.05, 0.1) is 0 Å². The van der Waals surface area contributed by atoms with Crippen LogP contribution in [-0.4, -0.2) is 4.89 Å². The molecular weight excluding hydrogens is 247 g/mol. The third kappa shape index (κ3) is 4.26. The van der Waals surface area contributed by atoms with E-state index in [4.69, 9.17) is 4.89 Å². The molecule has 0 heterocycles. The van der Waals surface area contributed by atoms with Gasteiger partial charge < -0.3 is 0 Å². The van der Waals surface area contributed by atoms with E-state index in [1.807, 2.05) is 0 Å². The molecule has 0 bridgehead atoms. The quantitative estimate of drug-likeness (QED) is 0.644. The average molecular weight is 253 g/mol. The van der Waals surface area contributed by atoms with Gasteiger partial charge in [-0.05, 0) is 12.1 Å². The summed E-state index contributed by atoms with van der Waals surface area (Å²) in [6.07, 6.45) is 0. The summed E-state index contributed by atoms with van der Waals surface area (Å²) in [5.74, 6) is 0.408. The maximum atomic E-state index is 10.1. The summed E-state index contributed by atoms with van der Waals surface area (Å²) in [5, 5.41) is 0. The Kier molecular flexibility index (Phi) is 5.31. The van der Waals surface area contributed by atoms with Crippen LogP contribution in [-0.2, 0) is 25.6 Å². The van der Waals surface area contributed by atoms with Gasteiger partial charge >= 0.3 is 8.25 Å². The Morgan fingerprint density at radius 2 is 1.82 bits per heavy atom. The summed E-state index contributed by atoms with van der Waals surface area (Å²) in [5.41, 5.74) is 0. The van der Waals surface area contributed by atoms with Crippen molar-refractivity contribution in [2.75, 3.05) is 0 Å². The molecule has 0 aliphatic carbocycles. The number of para-hydroxylation sites is 1. The molecule has 58 valence electrons. The molecule has 0 radical (unpaired) electrons. The fourth-order valence-corrected chi connectivity index (χ4v) is 0.874. The normalized spacial score (nSPS) is 9.73. The summed E-state index contributed by atoms with van der Waals surface area (Å²) in [7, 11) is -2.53. The van der Waals surface area contributed by atoms with Crippen LogP contribution in [0.4, 0.5) is 0 Å². The molecule has 3 nitrogen and oxygen atoms in total. The van der Waals surface area contributed by atoms with Crippen molar-refractivity contribution in [3.63, 3.8) is 0 Å². The van der Waals surface area contributed by atoms with E-state index in [0.717, 1.165) is 0 Å². The minimum absolute atomic E-state index is 0. The first kappa shape index (κ1) is 10.8. The maximum Gasteiger partial charge on any atom is 0.747 e. The first-order valence-electron chi connectivity index (χ1n) is 2.68. The zero-order chi connectivity index (χ0) is 7.40. The molecule has 0 fully saturated rings. The predicted molar refractivity (Wildman–Crippen MR) is 36.9 cm³/mol. The largest absolute Gasteiger partial charge is 0.747 e. The van der Waals surface area contributed by atoms with Crippen molar-refractivity contribution in [2.45, 2.75) is 0 Å².